The Balaban J connectivity index is 1.58. The van der Waals surface area contributed by atoms with E-state index in [9.17, 15) is 14.4 Å². The summed E-state index contributed by atoms with van der Waals surface area (Å²) in [5.74, 6) is -1.16. The maximum Gasteiger partial charge on any atom is 0.333 e. The van der Waals surface area contributed by atoms with Gasteiger partial charge in [0.2, 0.25) is 6.79 Å². The summed E-state index contributed by atoms with van der Waals surface area (Å²) in [5.41, 5.74) is -0.675. The van der Waals surface area contributed by atoms with Crippen LogP contribution in [-0.2, 0) is 23.9 Å². The van der Waals surface area contributed by atoms with Crippen molar-refractivity contribution < 1.29 is 23.9 Å². The summed E-state index contributed by atoms with van der Waals surface area (Å²) >= 11 is 1.56. The molecule has 9 heteroatoms. The number of carbonyl (C=O) groups excluding carboxylic acids is 3. The first kappa shape index (κ1) is 22.9. The smallest absolute Gasteiger partial charge is 0.333 e. The Morgan fingerprint density at radius 1 is 1.17 bits per heavy atom. The average Bonchev–Trinajstić information content (AvgIpc) is 2.80. The van der Waals surface area contributed by atoms with Gasteiger partial charge in [-0.25, -0.2) is 4.79 Å². The first-order chi connectivity index (χ1) is 14.0. The maximum absolute atomic E-state index is 12.8. The molecule has 0 radical (unpaired) electrons. The van der Waals surface area contributed by atoms with E-state index in [-0.39, 0.29) is 11.3 Å². The number of ether oxygens (including phenoxy) is 2. The third-order valence-corrected chi connectivity index (χ3v) is 7.23. The Kier molecular flexibility index (Phi) is 6.69. The van der Waals surface area contributed by atoms with Crippen molar-refractivity contribution in [2.75, 3.05) is 19.9 Å². The molecule has 0 N–H and O–H groups in total. The lowest BCUT2D eigenvalue weighted by atomic mass is 9.96. The van der Waals surface area contributed by atoms with E-state index in [1.165, 1.54) is 12.8 Å². The molecule has 0 aromatic rings. The van der Waals surface area contributed by atoms with E-state index in [2.05, 4.69) is 9.89 Å². The number of hydrogen-bond acceptors (Lipinski definition) is 7. The second kappa shape index (κ2) is 8.77. The lowest BCUT2D eigenvalue weighted by Gasteiger charge is -2.41. The zero-order chi connectivity index (χ0) is 22.1. The molecule has 3 aliphatic rings. The van der Waals surface area contributed by atoms with E-state index in [0.29, 0.717) is 0 Å². The molecule has 3 rings (SSSR count). The molecule has 3 atom stereocenters. The highest BCUT2D eigenvalue weighted by atomic mass is 32.2. The molecule has 3 aliphatic heterocycles. The molecule has 0 bridgehead atoms. The average molecular weight is 440 g/mol. The summed E-state index contributed by atoms with van der Waals surface area (Å²) in [5, 5.41) is -0.176. The Morgan fingerprint density at radius 2 is 1.80 bits per heavy atom. The molecule has 2 unspecified atom stereocenters. The number of rotatable bonds is 5. The topological polar surface area (TPSA) is 88.5 Å². The van der Waals surface area contributed by atoms with Gasteiger partial charge in [-0.3, -0.25) is 14.6 Å². The number of amides is 1. The van der Waals surface area contributed by atoms with Crippen molar-refractivity contribution in [3.05, 3.63) is 0 Å². The fraction of sp³-hybridized carbons (Fsp3) is 0.810. The fourth-order valence-corrected chi connectivity index (χ4v) is 5.54. The van der Waals surface area contributed by atoms with Crippen LogP contribution in [0.15, 0.2) is 4.99 Å². The van der Waals surface area contributed by atoms with Gasteiger partial charge < -0.3 is 19.3 Å². The number of esters is 2. The standard InChI is InChI=1S/C21H33N3O5S/c1-20(2,3)19(27)29-13-28-18(26)15-21(4,5)30-17-14(16(25)24(15)17)22-12-23-10-8-6-7-9-11-23/h12,14-15,17H,6-11,13H2,1-5H3/t14-,15?,17?/m1/s1. The van der Waals surface area contributed by atoms with Crippen LogP contribution in [0.3, 0.4) is 0 Å². The van der Waals surface area contributed by atoms with Gasteiger partial charge in [-0.05, 0) is 47.5 Å². The molecular formula is C21H33N3O5S. The summed E-state index contributed by atoms with van der Waals surface area (Å²) in [7, 11) is 0. The molecule has 168 valence electrons. The Hall–Kier alpha value is -1.77. The highest BCUT2D eigenvalue weighted by molar-refractivity contribution is 8.01. The Labute approximate surface area is 182 Å². The predicted octanol–water partition coefficient (Wildman–Crippen LogP) is 2.41. The van der Waals surface area contributed by atoms with Crippen molar-refractivity contribution in [1.82, 2.24) is 9.80 Å². The van der Waals surface area contributed by atoms with Crippen LogP contribution in [0.25, 0.3) is 0 Å². The van der Waals surface area contributed by atoms with Crippen molar-refractivity contribution in [2.45, 2.75) is 82.5 Å². The SMILES string of the molecule is CC(C)(C)C(=O)OCOC(=O)C1N2C(=O)[C@@H](N=CN3CCCCCC3)C2SC1(C)C. The van der Waals surface area contributed by atoms with Crippen LogP contribution in [0.2, 0.25) is 0 Å². The van der Waals surface area contributed by atoms with Crippen LogP contribution < -0.4 is 0 Å². The molecule has 0 saturated carbocycles. The number of aliphatic imine (C=N–C) groups is 1. The van der Waals surface area contributed by atoms with Crippen LogP contribution in [0.4, 0.5) is 0 Å². The molecule has 3 heterocycles. The molecule has 0 aromatic heterocycles. The number of likely N-dealkylation sites (tertiary alicyclic amines) is 1. The largest absolute Gasteiger partial charge is 0.427 e. The predicted molar refractivity (Wildman–Crippen MR) is 115 cm³/mol. The van der Waals surface area contributed by atoms with Gasteiger partial charge in [-0.1, -0.05) is 12.8 Å². The van der Waals surface area contributed by atoms with Gasteiger partial charge >= 0.3 is 11.9 Å². The summed E-state index contributed by atoms with van der Waals surface area (Å²) in [4.78, 5) is 45.7. The first-order valence-corrected chi connectivity index (χ1v) is 11.5. The van der Waals surface area contributed by atoms with Crippen LogP contribution in [0.1, 0.15) is 60.3 Å². The van der Waals surface area contributed by atoms with Gasteiger partial charge in [0, 0.05) is 17.8 Å². The van der Waals surface area contributed by atoms with E-state index in [1.54, 1.807) is 37.4 Å². The zero-order valence-corrected chi connectivity index (χ0v) is 19.4. The highest BCUT2D eigenvalue weighted by Gasteiger charge is 2.64. The van der Waals surface area contributed by atoms with E-state index in [1.807, 2.05) is 20.2 Å². The van der Waals surface area contributed by atoms with E-state index < -0.39 is 41.0 Å². The van der Waals surface area contributed by atoms with E-state index in [0.717, 1.165) is 25.9 Å². The summed E-state index contributed by atoms with van der Waals surface area (Å²) in [6.45, 7) is 10.5. The van der Waals surface area contributed by atoms with Gasteiger partial charge in [0.1, 0.15) is 11.4 Å². The minimum atomic E-state index is -0.724. The summed E-state index contributed by atoms with van der Waals surface area (Å²) < 4.78 is 9.71. The van der Waals surface area contributed by atoms with Crippen molar-refractivity contribution in [3.63, 3.8) is 0 Å². The Morgan fingerprint density at radius 3 is 2.40 bits per heavy atom. The second-order valence-electron chi connectivity index (χ2n) is 9.68. The number of carbonyl (C=O) groups is 3. The molecule has 1 amide bonds. The van der Waals surface area contributed by atoms with E-state index in [4.69, 9.17) is 9.47 Å². The highest BCUT2D eigenvalue weighted by Crippen LogP contribution is 2.51. The van der Waals surface area contributed by atoms with Crippen molar-refractivity contribution in [2.24, 2.45) is 10.4 Å². The van der Waals surface area contributed by atoms with Gasteiger partial charge in [-0.15, -0.1) is 11.8 Å². The number of hydrogen-bond donors (Lipinski definition) is 0. The molecule has 8 nitrogen and oxygen atoms in total. The minimum Gasteiger partial charge on any atom is -0.427 e. The van der Waals surface area contributed by atoms with Gasteiger partial charge in [-0.2, -0.15) is 0 Å². The monoisotopic (exact) mass is 439 g/mol. The van der Waals surface area contributed by atoms with Crippen LogP contribution >= 0.6 is 11.8 Å². The molecule has 0 aromatic carbocycles. The van der Waals surface area contributed by atoms with Crippen LogP contribution in [0.5, 0.6) is 0 Å². The van der Waals surface area contributed by atoms with Crippen molar-refractivity contribution in [3.8, 4) is 0 Å². The summed E-state index contributed by atoms with van der Waals surface area (Å²) in [6, 6.07) is -1.19. The van der Waals surface area contributed by atoms with Gasteiger partial charge in [0.15, 0.2) is 6.04 Å². The lowest BCUT2D eigenvalue weighted by molar-refractivity contribution is -0.179. The number of thioether (sulfide) groups is 1. The Bertz CT molecular complexity index is 710. The van der Waals surface area contributed by atoms with Gasteiger partial charge in [0.05, 0.1) is 11.8 Å². The molecule has 3 fully saturated rings. The summed E-state index contributed by atoms with van der Waals surface area (Å²) in [6.07, 6.45) is 6.59. The molecular weight excluding hydrogens is 406 g/mol. The number of nitrogens with zero attached hydrogens (tertiary/aromatic N) is 3. The fourth-order valence-electron chi connectivity index (χ4n) is 3.92. The molecule has 0 spiro atoms. The zero-order valence-electron chi connectivity index (χ0n) is 18.6. The molecule has 30 heavy (non-hydrogen) atoms. The van der Waals surface area contributed by atoms with Crippen molar-refractivity contribution >= 4 is 35.9 Å². The van der Waals surface area contributed by atoms with Gasteiger partial charge in [0.25, 0.3) is 5.91 Å². The lowest BCUT2D eigenvalue weighted by Crippen LogP contribution is -2.65. The van der Waals surface area contributed by atoms with Crippen LogP contribution in [0, 0.1) is 5.41 Å². The van der Waals surface area contributed by atoms with E-state index >= 15 is 0 Å². The third kappa shape index (κ3) is 4.76. The molecule has 3 saturated heterocycles. The number of β-lactam (4-membered cyclic amide) rings is 1. The normalized spacial score (nSPS) is 28.7. The van der Waals surface area contributed by atoms with Crippen LogP contribution in [-0.4, -0.2) is 76.1 Å². The number of fused-ring (bicyclic) bond motifs is 1. The first-order valence-electron chi connectivity index (χ1n) is 10.6. The van der Waals surface area contributed by atoms with Crippen molar-refractivity contribution in [1.29, 1.82) is 0 Å². The minimum absolute atomic E-state index is 0.155. The molecule has 0 aliphatic carbocycles. The third-order valence-electron chi connectivity index (χ3n) is 5.67. The second-order valence-corrected chi connectivity index (χ2v) is 11.5. The quantitative estimate of drug-likeness (QED) is 0.214. The maximum atomic E-state index is 12.8.